The summed E-state index contributed by atoms with van der Waals surface area (Å²) in [5, 5.41) is 6.79. The second-order valence-corrected chi connectivity index (χ2v) is 8.40. The Morgan fingerprint density at radius 2 is 1.93 bits per heavy atom. The molecule has 2 N–H and O–H groups in total. The van der Waals surface area contributed by atoms with Crippen LogP contribution in [0.5, 0.6) is 5.75 Å². The molecule has 0 aliphatic heterocycles. The minimum absolute atomic E-state index is 0.0363. The highest BCUT2D eigenvalue weighted by atomic mass is 16.5. The molecular formula is C22H35N3O2. The first-order valence-corrected chi connectivity index (χ1v) is 10.4. The number of amides is 2. The molecule has 1 aromatic rings. The van der Waals surface area contributed by atoms with Crippen LogP contribution in [0.4, 0.5) is 4.79 Å². The topological polar surface area (TPSA) is 53.6 Å². The quantitative estimate of drug-likeness (QED) is 0.685. The van der Waals surface area contributed by atoms with Gasteiger partial charge in [0, 0.05) is 20.1 Å². The number of nitrogens with one attached hydrogen (secondary N) is 2. The Kier molecular flexibility index (Phi) is 7.00. The number of carbonyl (C=O) groups excluding carboxylic acids is 1. The number of para-hydroxylation sites is 1. The highest BCUT2D eigenvalue weighted by Gasteiger charge is 2.39. The van der Waals surface area contributed by atoms with E-state index >= 15 is 0 Å². The predicted molar refractivity (Wildman–Crippen MR) is 109 cm³/mol. The molecule has 2 fully saturated rings. The molecule has 27 heavy (non-hydrogen) atoms. The second kappa shape index (κ2) is 9.45. The number of carbonyl (C=O) groups is 1. The molecule has 5 heteroatoms. The average molecular weight is 374 g/mol. The lowest BCUT2D eigenvalue weighted by Gasteiger charge is -2.30. The summed E-state index contributed by atoms with van der Waals surface area (Å²) in [6.07, 6.45) is 7.20. The highest BCUT2D eigenvalue weighted by Crippen LogP contribution is 2.49. The number of hydrogen-bond acceptors (Lipinski definition) is 3. The molecule has 0 aromatic heterocycles. The predicted octanol–water partition coefficient (Wildman–Crippen LogP) is 3.61. The monoisotopic (exact) mass is 373 g/mol. The van der Waals surface area contributed by atoms with Crippen LogP contribution in [0.1, 0.15) is 50.0 Å². The van der Waals surface area contributed by atoms with E-state index in [1.54, 1.807) is 26.1 Å². The molecule has 2 aliphatic rings. The second-order valence-electron chi connectivity index (χ2n) is 8.40. The molecule has 0 unspecified atom stereocenters. The van der Waals surface area contributed by atoms with Crippen molar-refractivity contribution >= 4 is 6.03 Å². The smallest absolute Gasteiger partial charge is 0.317 e. The van der Waals surface area contributed by atoms with Crippen LogP contribution in [0.2, 0.25) is 0 Å². The summed E-state index contributed by atoms with van der Waals surface area (Å²) in [4.78, 5) is 13.4. The summed E-state index contributed by atoms with van der Waals surface area (Å²) in [6, 6.07) is 8.81. The summed E-state index contributed by atoms with van der Waals surface area (Å²) in [5.74, 6) is 3.24. The molecule has 2 aliphatic carbocycles. The fourth-order valence-electron chi connectivity index (χ4n) is 4.32. The van der Waals surface area contributed by atoms with Crippen LogP contribution in [0.3, 0.4) is 0 Å². The number of rotatable bonds is 8. The van der Waals surface area contributed by atoms with Crippen molar-refractivity contribution in [2.45, 2.75) is 50.5 Å². The molecule has 2 atom stereocenters. The number of ether oxygens (including phenoxy) is 1. The van der Waals surface area contributed by atoms with E-state index in [0.717, 1.165) is 43.5 Å². The third-order valence-corrected chi connectivity index (χ3v) is 6.18. The molecule has 5 nitrogen and oxygen atoms in total. The normalized spacial score (nSPS) is 27.1. The van der Waals surface area contributed by atoms with E-state index in [4.69, 9.17) is 4.74 Å². The van der Waals surface area contributed by atoms with E-state index in [1.807, 2.05) is 6.07 Å². The molecule has 0 saturated heterocycles. The van der Waals surface area contributed by atoms with Gasteiger partial charge in [0.1, 0.15) is 5.75 Å². The van der Waals surface area contributed by atoms with E-state index < -0.39 is 0 Å². The SMILES string of the molecule is COc1ccccc1[C@@H]1C[C@H]1CNCCC1CCC(NC(=O)N(C)C)CC1. The third-order valence-electron chi connectivity index (χ3n) is 6.18. The summed E-state index contributed by atoms with van der Waals surface area (Å²) in [5.41, 5.74) is 1.37. The number of methoxy groups -OCH3 is 1. The van der Waals surface area contributed by atoms with Gasteiger partial charge in [0.25, 0.3) is 0 Å². The van der Waals surface area contributed by atoms with Crippen molar-refractivity contribution in [2.75, 3.05) is 34.3 Å². The molecular weight excluding hydrogens is 338 g/mol. The Bertz CT molecular complexity index is 611. The van der Waals surface area contributed by atoms with Crippen molar-refractivity contribution < 1.29 is 9.53 Å². The van der Waals surface area contributed by atoms with Crippen LogP contribution in [0.15, 0.2) is 24.3 Å². The Labute approximate surface area is 163 Å². The van der Waals surface area contributed by atoms with E-state index in [-0.39, 0.29) is 6.03 Å². The molecule has 1 aromatic carbocycles. The summed E-state index contributed by atoms with van der Waals surface area (Å²) in [7, 11) is 5.35. The Hall–Kier alpha value is -1.75. The van der Waals surface area contributed by atoms with Gasteiger partial charge in [-0.25, -0.2) is 4.79 Å². The van der Waals surface area contributed by atoms with E-state index in [1.165, 1.54) is 31.2 Å². The van der Waals surface area contributed by atoms with Gasteiger partial charge in [-0.2, -0.15) is 0 Å². The van der Waals surface area contributed by atoms with Gasteiger partial charge in [-0.05, 0) is 81.0 Å². The lowest BCUT2D eigenvalue weighted by Crippen LogP contribution is -2.43. The first kappa shape index (κ1) is 20.0. The third kappa shape index (κ3) is 5.61. The van der Waals surface area contributed by atoms with Gasteiger partial charge in [0.15, 0.2) is 0 Å². The van der Waals surface area contributed by atoms with Crippen LogP contribution in [0.25, 0.3) is 0 Å². The number of benzene rings is 1. The van der Waals surface area contributed by atoms with Crippen LogP contribution < -0.4 is 15.4 Å². The van der Waals surface area contributed by atoms with Gasteiger partial charge in [-0.1, -0.05) is 18.2 Å². The van der Waals surface area contributed by atoms with Crippen molar-refractivity contribution in [2.24, 2.45) is 11.8 Å². The van der Waals surface area contributed by atoms with Crippen molar-refractivity contribution in [3.8, 4) is 5.75 Å². The fraction of sp³-hybridized carbons (Fsp3) is 0.682. The largest absolute Gasteiger partial charge is 0.496 e. The number of hydrogen-bond donors (Lipinski definition) is 2. The Morgan fingerprint density at radius 3 is 2.63 bits per heavy atom. The van der Waals surface area contributed by atoms with Crippen LogP contribution in [-0.4, -0.2) is 51.3 Å². The summed E-state index contributed by atoms with van der Waals surface area (Å²) in [6.45, 7) is 2.21. The zero-order chi connectivity index (χ0) is 19.2. The maximum absolute atomic E-state index is 11.7. The number of nitrogens with zero attached hydrogens (tertiary/aromatic N) is 1. The van der Waals surface area contributed by atoms with Crippen molar-refractivity contribution in [1.29, 1.82) is 0 Å². The minimum atomic E-state index is 0.0363. The van der Waals surface area contributed by atoms with Gasteiger partial charge >= 0.3 is 6.03 Å². The standard InChI is InChI=1S/C22H35N3O2/c1-25(2)22(26)24-18-10-8-16(9-11-18)12-13-23-15-17-14-20(17)19-6-4-5-7-21(19)27-3/h4-7,16-18,20,23H,8-15H2,1-3H3,(H,24,26)/t16?,17-,18?,20+/m0/s1. The van der Waals surface area contributed by atoms with Crippen molar-refractivity contribution in [3.05, 3.63) is 29.8 Å². The zero-order valence-electron chi connectivity index (χ0n) is 17.0. The zero-order valence-corrected chi connectivity index (χ0v) is 17.0. The average Bonchev–Trinajstić information content (AvgIpc) is 3.45. The first-order valence-electron chi connectivity index (χ1n) is 10.4. The number of urea groups is 1. The Morgan fingerprint density at radius 1 is 1.19 bits per heavy atom. The molecule has 0 heterocycles. The van der Waals surface area contributed by atoms with Crippen molar-refractivity contribution in [3.63, 3.8) is 0 Å². The summed E-state index contributed by atoms with van der Waals surface area (Å²) >= 11 is 0. The molecule has 2 saturated carbocycles. The van der Waals surface area contributed by atoms with Gasteiger partial charge < -0.3 is 20.3 Å². The minimum Gasteiger partial charge on any atom is -0.496 e. The maximum atomic E-state index is 11.7. The van der Waals surface area contributed by atoms with E-state index in [9.17, 15) is 4.79 Å². The van der Waals surface area contributed by atoms with Crippen LogP contribution in [0, 0.1) is 11.8 Å². The van der Waals surface area contributed by atoms with Gasteiger partial charge in [0.05, 0.1) is 7.11 Å². The maximum Gasteiger partial charge on any atom is 0.317 e. The molecule has 0 spiro atoms. The molecule has 150 valence electrons. The highest BCUT2D eigenvalue weighted by molar-refractivity contribution is 5.73. The van der Waals surface area contributed by atoms with E-state index in [0.29, 0.717) is 12.0 Å². The lowest BCUT2D eigenvalue weighted by atomic mass is 9.84. The van der Waals surface area contributed by atoms with Gasteiger partial charge in [-0.3, -0.25) is 0 Å². The van der Waals surface area contributed by atoms with Gasteiger partial charge in [-0.15, -0.1) is 0 Å². The molecule has 2 amide bonds. The molecule has 0 bridgehead atoms. The summed E-state index contributed by atoms with van der Waals surface area (Å²) < 4.78 is 5.50. The molecule has 0 radical (unpaired) electrons. The molecule has 3 rings (SSSR count). The first-order chi connectivity index (χ1) is 13.1. The lowest BCUT2D eigenvalue weighted by molar-refractivity contribution is 0.203. The van der Waals surface area contributed by atoms with Crippen molar-refractivity contribution in [1.82, 2.24) is 15.5 Å². The Balaban J connectivity index is 1.28. The van der Waals surface area contributed by atoms with Crippen LogP contribution >= 0.6 is 0 Å². The van der Waals surface area contributed by atoms with E-state index in [2.05, 4.69) is 28.8 Å². The van der Waals surface area contributed by atoms with Gasteiger partial charge in [0.2, 0.25) is 0 Å². The fourth-order valence-corrected chi connectivity index (χ4v) is 4.32. The van der Waals surface area contributed by atoms with Crippen LogP contribution in [-0.2, 0) is 0 Å².